The molecule has 2 aromatic heterocycles. The molecule has 31 heavy (non-hydrogen) atoms. The Morgan fingerprint density at radius 2 is 1.71 bits per heavy atom. The number of hydrogen-bond donors (Lipinski definition) is 1. The van der Waals surface area contributed by atoms with Gasteiger partial charge in [-0.25, -0.2) is 4.98 Å². The average molecular weight is 415 g/mol. The molecule has 4 aromatic rings. The molecule has 0 saturated carbocycles. The molecular formula is C24H21N3O4. The first kappa shape index (κ1) is 20.2. The summed E-state index contributed by atoms with van der Waals surface area (Å²) < 4.78 is 16.2. The van der Waals surface area contributed by atoms with Gasteiger partial charge in [0.05, 0.1) is 37.9 Å². The molecule has 0 spiro atoms. The van der Waals surface area contributed by atoms with Crippen molar-refractivity contribution < 1.29 is 19.0 Å². The second-order valence-electron chi connectivity index (χ2n) is 6.69. The lowest BCUT2D eigenvalue weighted by Gasteiger charge is -2.14. The minimum Gasteiger partial charge on any atom is -0.493 e. The second kappa shape index (κ2) is 8.71. The van der Waals surface area contributed by atoms with E-state index in [0.717, 1.165) is 16.6 Å². The van der Waals surface area contributed by atoms with Gasteiger partial charge in [-0.1, -0.05) is 18.2 Å². The number of hydrogen-bond acceptors (Lipinski definition) is 6. The third kappa shape index (κ3) is 3.98. The van der Waals surface area contributed by atoms with E-state index in [-0.39, 0.29) is 5.78 Å². The van der Waals surface area contributed by atoms with Crippen molar-refractivity contribution in [2.45, 2.75) is 0 Å². The van der Waals surface area contributed by atoms with Crippen LogP contribution >= 0.6 is 0 Å². The lowest BCUT2D eigenvalue weighted by atomic mass is 10.00. The molecule has 156 valence electrons. The summed E-state index contributed by atoms with van der Waals surface area (Å²) in [6.07, 6.45) is 5.13. The van der Waals surface area contributed by atoms with Crippen LogP contribution in [-0.4, -0.2) is 42.1 Å². The molecule has 0 atom stereocenters. The Morgan fingerprint density at radius 3 is 2.32 bits per heavy atom. The highest BCUT2D eigenvalue weighted by molar-refractivity contribution is 6.32. The molecule has 0 radical (unpaired) electrons. The number of benzene rings is 2. The van der Waals surface area contributed by atoms with E-state index in [2.05, 4.69) is 15.0 Å². The summed E-state index contributed by atoms with van der Waals surface area (Å²) in [6.45, 7) is 0. The number of pyridine rings is 1. The van der Waals surface area contributed by atoms with Crippen LogP contribution in [0.2, 0.25) is 0 Å². The maximum atomic E-state index is 13.7. The van der Waals surface area contributed by atoms with Crippen molar-refractivity contribution in [2.24, 2.45) is 0 Å². The van der Waals surface area contributed by atoms with Crippen LogP contribution in [0.5, 0.6) is 17.2 Å². The summed E-state index contributed by atoms with van der Waals surface area (Å²) >= 11 is 0. The zero-order valence-electron chi connectivity index (χ0n) is 17.4. The number of allylic oxidation sites excluding steroid dienone is 1. The number of Topliss-reactive ketones (excluding diaryl/α,β-unsaturated/α-hetero) is 1. The topological polar surface area (TPSA) is 86.3 Å². The molecule has 7 heteroatoms. The molecule has 0 bridgehead atoms. The Labute approximate surface area is 179 Å². The summed E-state index contributed by atoms with van der Waals surface area (Å²) in [5, 5.41) is 0. The number of ether oxygens (including phenoxy) is 3. The molecular weight excluding hydrogens is 394 g/mol. The number of carbonyl (C=O) groups is 1. The van der Waals surface area contributed by atoms with E-state index >= 15 is 0 Å². The van der Waals surface area contributed by atoms with Crippen LogP contribution in [0.1, 0.15) is 21.7 Å². The second-order valence-corrected chi connectivity index (χ2v) is 6.69. The molecule has 0 aliphatic carbocycles. The minimum atomic E-state index is -0.248. The van der Waals surface area contributed by atoms with Gasteiger partial charge in [0, 0.05) is 18.0 Å². The Balaban J connectivity index is 1.88. The fourth-order valence-electron chi connectivity index (χ4n) is 3.32. The highest BCUT2D eigenvalue weighted by Crippen LogP contribution is 2.39. The number of aromatic amines is 1. The van der Waals surface area contributed by atoms with Gasteiger partial charge in [-0.3, -0.25) is 9.78 Å². The third-order valence-corrected chi connectivity index (χ3v) is 4.81. The van der Waals surface area contributed by atoms with Crippen LogP contribution in [0.3, 0.4) is 0 Å². The minimum absolute atomic E-state index is 0.248. The first-order valence-electron chi connectivity index (χ1n) is 9.56. The van der Waals surface area contributed by atoms with Crippen molar-refractivity contribution in [3.63, 3.8) is 0 Å². The van der Waals surface area contributed by atoms with E-state index in [4.69, 9.17) is 14.2 Å². The number of nitrogens with zero attached hydrogens (tertiary/aromatic N) is 2. The summed E-state index contributed by atoms with van der Waals surface area (Å²) in [5.41, 5.74) is 3.15. The molecule has 4 rings (SSSR count). The van der Waals surface area contributed by atoms with Crippen molar-refractivity contribution in [3.05, 3.63) is 77.9 Å². The number of imidazole rings is 1. The van der Waals surface area contributed by atoms with Crippen molar-refractivity contribution in [3.8, 4) is 17.2 Å². The molecule has 0 unspecified atom stereocenters. The number of H-pyrrole nitrogens is 1. The van der Waals surface area contributed by atoms with E-state index in [9.17, 15) is 4.79 Å². The fourth-order valence-corrected chi connectivity index (χ4v) is 3.32. The van der Waals surface area contributed by atoms with E-state index in [0.29, 0.717) is 34.2 Å². The van der Waals surface area contributed by atoms with Gasteiger partial charge in [0.2, 0.25) is 5.75 Å². The third-order valence-electron chi connectivity index (χ3n) is 4.81. The molecule has 7 nitrogen and oxygen atoms in total. The number of para-hydroxylation sites is 2. The first-order chi connectivity index (χ1) is 15.1. The molecule has 1 N–H and O–H groups in total. The van der Waals surface area contributed by atoms with Crippen molar-refractivity contribution in [1.82, 2.24) is 15.0 Å². The smallest absolute Gasteiger partial charge is 0.203 e. The van der Waals surface area contributed by atoms with Gasteiger partial charge >= 0.3 is 0 Å². The number of carbonyl (C=O) groups excluding carboxylic acids is 1. The van der Waals surface area contributed by atoms with E-state index in [1.165, 1.54) is 21.3 Å². The lowest BCUT2D eigenvalue weighted by molar-refractivity contribution is 0.105. The molecule has 2 aromatic carbocycles. The van der Waals surface area contributed by atoms with E-state index in [1.807, 2.05) is 36.4 Å². The predicted molar refractivity (Wildman–Crippen MR) is 119 cm³/mol. The Kier molecular flexibility index (Phi) is 5.66. The number of ketones is 1. The van der Waals surface area contributed by atoms with Gasteiger partial charge in [0.25, 0.3) is 0 Å². The molecule has 0 saturated heterocycles. The summed E-state index contributed by atoms with van der Waals surface area (Å²) in [7, 11) is 4.54. The van der Waals surface area contributed by atoms with Gasteiger partial charge in [-0.05, 0) is 42.0 Å². The van der Waals surface area contributed by atoms with Crippen LogP contribution < -0.4 is 14.2 Å². The normalized spacial score (nSPS) is 11.4. The monoisotopic (exact) mass is 415 g/mol. The van der Waals surface area contributed by atoms with Gasteiger partial charge in [0.15, 0.2) is 17.3 Å². The highest BCUT2D eigenvalue weighted by atomic mass is 16.5. The fraction of sp³-hybridized carbons (Fsp3) is 0.125. The predicted octanol–water partition coefficient (Wildman–Crippen LogP) is 4.41. The number of fused-ring (bicyclic) bond motifs is 1. The largest absolute Gasteiger partial charge is 0.493 e. The summed E-state index contributed by atoms with van der Waals surface area (Å²) in [4.78, 5) is 25.7. The van der Waals surface area contributed by atoms with E-state index in [1.54, 1.807) is 30.6 Å². The van der Waals surface area contributed by atoms with Crippen LogP contribution in [0.15, 0.2) is 60.9 Å². The Hall–Kier alpha value is -4.13. The van der Waals surface area contributed by atoms with Crippen molar-refractivity contribution >= 4 is 28.5 Å². The van der Waals surface area contributed by atoms with Crippen LogP contribution in [0.25, 0.3) is 22.7 Å². The number of rotatable bonds is 7. The maximum absolute atomic E-state index is 13.7. The first-order valence-corrected chi connectivity index (χ1v) is 9.56. The van der Waals surface area contributed by atoms with Gasteiger partial charge in [-0.2, -0.15) is 0 Å². The molecule has 0 fully saturated rings. The molecule has 2 heterocycles. The van der Waals surface area contributed by atoms with Crippen molar-refractivity contribution in [2.75, 3.05) is 21.3 Å². The number of methoxy groups -OCH3 is 3. The summed E-state index contributed by atoms with van der Waals surface area (Å²) in [6, 6.07) is 14.6. The lowest BCUT2D eigenvalue weighted by Crippen LogP contribution is -2.06. The zero-order chi connectivity index (χ0) is 21.8. The Morgan fingerprint density at radius 1 is 0.968 bits per heavy atom. The van der Waals surface area contributed by atoms with E-state index < -0.39 is 0 Å². The Bertz CT molecular complexity index is 1200. The summed E-state index contributed by atoms with van der Waals surface area (Å²) in [5.74, 6) is 1.43. The van der Waals surface area contributed by atoms with Gasteiger partial charge < -0.3 is 19.2 Å². The molecule has 0 aliphatic heterocycles. The van der Waals surface area contributed by atoms with Crippen LogP contribution in [-0.2, 0) is 0 Å². The molecule has 0 amide bonds. The quantitative estimate of drug-likeness (QED) is 0.355. The molecule has 0 aliphatic rings. The van der Waals surface area contributed by atoms with Gasteiger partial charge in [0.1, 0.15) is 5.82 Å². The highest BCUT2D eigenvalue weighted by Gasteiger charge is 2.22. The average Bonchev–Trinajstić information content (AvgIpc) is 3.25. The zero-order valence-corrected chi connectivity index (χ0v) is 17.4. The standard InChI is InChI=1S/C24H21N3O4/c1-29-20-12-16(13-21(30-2)23(20)31-3)22(28)17(11-15-7-6-10-25-14-15)24-26-18-8-4-5-9-19(18)27-24/h4-14H,1-3H3,(H,26,27)/b17-11+. The maximum Gasteiger partial charge on any atom is 0.203 e. The number of aromatic nitrogens is 3. The van der Waals surface area contributed by atoms with Gasteiger partial charge in [-0.15, -0.1) is 0 Å². The number of nitrogens with one attached hydrogen (secondary N) is 1. The van der Waals surface area contributed by atoms with Crippen molar-refractivity contribution in [1.29, 1.82) is 0 Å². The van der Waals surface area contributed by atoms with Crippen LogP contribution in [0.4, 0.5) is 0 Å². The van der Waals surface area contributed by atoms with Crippen LogP contribution in [0, 0.1) is 0 Å². The SMILES string of the molecule is COc1cc(C(=O)/C(=C\c2cccnc2)c2nc3ccccc3[nH]2)cc(OC)c1OC.